The number of benzene rings is 3. The van der Waals surface area contributed by atoms with Gasteiger partial charge in [-0.05, 0) is 31.2 Å². The van der Waals surface area contributed by atoms with Crippen LogP contribution in [-0.4, -0.2) is 45.7 Å². The Hall–Kier alpha value is -4.45. The molecule has 0 aliphatic rings. The van der Waals surface area contributed by atoms with E-state index in [1.807, 2.05) is 0 Å². The molecule has 0 atom stereocenters. The largest absolute Gasteiger partial charge is 0.497 e. The molecular weight excluding hydrogens is 488 g/mol. The fourth-order valence-electron chi connectivity index (χ4n) is 3.23. The second-order valence-electron chi connectivity index (χ2n) is 7.40. The number of nitro benzene ring substituents is 1. The number of hydrazone groups is 1. The normalized spacial score (nSPS) is 11.5. The van der Waals surface area contributed by atoms with E-state index in [2.05, 4.69) is 10.5 Å². The third-order valence-electron chi connectivity index (χ3n) is 5.10. The van der Waals surface area contributed by atoms with Crippen molar-refractivity contribution in [3.63, 3.8) is 0 Å². The van der Waals surface area contributed by atoms with Crippen LogP contribution >= 0.6 is 0 Å². The molecule has 0 heterocycles. The average Bonchev–Trinajstić information content (AvgIpc) is 2.90. The molecule has 0 saturated heterocycles. The van der Waals surface area contributed by atoms with E-state index in [0.717, 1.165) is 4.31 Å². The van der Waals surface area contributed by atoms with Gasteiger partial charge in [0.25, 0.3) is 21.6 Å². The van der Waals surface area contributed by atoms with E-state index in [4.69, 9.17) is 9.47 Å². The van der Waals surface area contributed by atoms with E-state index in [1.54, 1.807) is 37.3 Å². The maximum absolute atomic E-state index is 13.5. The highest BCUT2D eigenvalue weighted by Crippen LogP contribution is 2.35. The van der Waals surface area contributed by atoms with Gasteiger partial charge >= 0.3 is 0 Å². The van der Waals surface area contributed by atoms with Gasteiger partial charge in [0.2, 0.25) is 0 Å². The van der Waals surface area contributed by atoms with Crippen molar-refractivity contribution < 1.29 is 27.6 Å². The highest BCUT2D eigenvalue weighted by Gasteiger charge is 2.30. The van der Waals surface area contributed by atoms with Crippen LogP contribution in [0.15, 0.2) is 82.8 Å². The van der Waals surface area contributed by atoms with Crippen molar-refractivity contribution in [2.75, 3.05) is 25.1 Å². The Kier molecular flexibility index (Phi) is 8.22. The van der Waals surface area contributed by atoms with Gasteiger partial charge in [0.05, 0.1) is 35.4 Å². The fourth-order valence-corrected chi connectivity index (χ4v) is 4.68. The van der Waals surface area contributed by atoms with Gasteiger partial charge in [-0.1, -0.05) is 30.3 Å². The smallest absolute Gasteiger partial charge is 0.270 e. The summed E-state index contributed by atoms with van der Waals surface area (Å²) >= 11 is 0. The number of carbonyl (C=O) groups excluding carboxylic acids is 1. The summed E-state index contributed by atoms with van der Waals surface area (Å²) in [5.41, 5.74) is 3.01. The Morgan fingerprint density at radius 2 is 1.75 bits per heavy atom. The zero-order valence-electron chi connectivity index (χ0n) is 19.7. The minimum absolute atomic E-state index is 0.0288. The lowest BCUT2D eigenvalue weighted by Crippen LogP contribution is -2.40. The monoisotopic (exact) mass is 512 g/mol. The van der Waals surface area contributed by atoms with Crippen LogP contribution in [0.3, 0.4) is 0 Å². The molecule has 0 spiro atoms. The zero-order chi connectivity index (χ0) is 26.3. The maximum Gasteiger partial charge on any atom is 0.270 e. The standard InChI is InChI=1S/C24H24N4O7S/c1-17(18-8-7-9-19(14-18)28(30)31)25-26-24(29)16-27(36(32,33)21-10-5-4-6-11-21)22-15-20(34-2)12-13-23(22)35-3/h4-15H,16H2,1-3H3,(H,26,29)/b25-17-. The van der Waals surface area contributed by atoms with Crippen LogP contribution in [0.2, 0.25) is 0 Å². The summed E-state index contributed by atoms with van der Waals surface area (Å²) in [5, 5.41) is 15.0. The molecule has 188 valence electrons. The van der Waals surface area contributed by atoms with Crippen LogP contribution in [0, 0.1) is 10.1 Å². The van der Waals surface area contributed by atoms with Crippen molar-refractivity contribution >= 4 is 33.0 Å². The van der Waals surface area contributed by atoms with E-state index in [9.17, 15) is 23.3 Å². The lowest BCUT2D eigenvalue weighted by molar-refractivity contribution is -0.384. The summed E-state index contributed by atoms with van der Waals surface area (Å²) in [7, 11) is -1.39. The van der Waals surface area contributed by atoms with Crippen molar-refractivity contribution in [1.82, 2.24) is 5.43 Å². The molecule has 0 aliphatic heterocycles. The molecule has 11 nitrogen and oxygen atoms in total. The molecule has 0 unspecified atom stereocenters. The number of nitro groups is 1. The van der Waals surface area contributed by atoms with Gasteiger partial charge < -0.3 is 9.47 Å². The molecule has 12 heteroatoms. The third kappa shape index (κ3) is 5.96. The Bertz CT molecular complexity index is 1390. The van der Waals surface area contributed by atoms with Crippen molar-refractivity contribution in [3.05, 3.63) is 88.5 Å². The molecule has 0 saturated carbocycles. The second kappa shape index (κ2) is 11.3. The first kappa shape index (κ1) is 26.2. The summed E-state index contributed by atoms with van der Waals surface area (Å²) in [4.78, 5) is 23.3. The number of non-ortho nitro benzene ring substituents is 1. The third-order valence-corrected chi connectivity index (χ3v) is 6.87. The number of nitrogens with zero attached hydrogens (tertiary/aromatic N) is 3. The first-order valence-electron chi connectivity index (χ1n) is 10.5. The summed E-state index contributed by atoms with van der Waals surface area (Å²) in [5.74, 6) is -0.178. The Labute approximate surface area is 208 Å². The van der Waals surface area contributed by atoms with Gasteiger partial charge in [-0.25, -0.2) is 13.8 Å². The Balaban J connectivity index is 1.95. The summed E-state index contributed by atoms with van der Waals surface area (Å²) in [6, 6.07) is 18.0. The predicted molar refractivity (Wildman–Crippen MR) is 134 cm³/mol. The molecule has 0 fully saturated rings. The quantitative estimate of drug-likeness (QED) is 0.249. The van der Waals surface area contributed by atoms with E-state index in [0.29, 0.717) is 17.0 Å². The first-order valence-corrected chi connectivity index (χ1v) is 12.0. The van der Waals surface area contributed by atoms with Gasteiger partial charge in [0.1, 0.15) is 18.0 Å². The highest BCUT2D eigenvalue weighted by atomic mass is 32.2. The van der Waals surface area contributed by atoms with Gasteiger partial charge in [0.15, 0.2) is 0 Å². The lowest BCUT2D eigenvalue weighted by atomic mass is 10.1. The summed E-state index contributed by atoms with van der Waals surface area (Å²) in [6.07, 6.45) is 0. The maximum atomic E-state index is 13.5. The van der Waals surface area contributed by atoms with Crippen LogP contribution in [0.25, 0.3) is 0 Å². The second-order valence-corrected chi connectivity index (χ2v) is 9.26. The molecular formula is C24H24N4O7S. The summed E-state index contributed by atoms with van der Waals surface area (Å²) < 4.78 is 38.6. The molecule has 0 radical (unpaired) electrons. The molecule has 3 aromatic carbocycles. The summed E-state index contributed by atoms with van der Waals surface area (Å²) in [6.45, 7) is 0.926. The number of hydrogen-bond acceptors (Lipinski definition) is 8. The van der Waals surface area contributed by atoms with Crippen molar-refractivity contribution in [2.45, 2.75) is 11.8 Å². The van der Waals surface area contributed by atoms with E-state index in [1.165, 1.54) is 56.7 Å². The van der Waals surface area contributed by atoms with E-state index < -0.39 is 27.4 Å². The average molecular weight is 513 g/mol. The molecule has 0 aromatic heterocycles. The van der Waals surface area contributed by atoms with Crippen LogP contribution in [0.5, 0.6) is 11.5 Å². The fraction of sp³-hybridized carbons (Fsp3) is 0.167. The topological polar surface area (TPSA) is 140 Å². The molecule has 1 N–H and O–H groups in total. The number of nitrogens with one attached hydrogen (secondary N) is 1. The highest BCUT2D eigenvalue weighted by molar-refractivity contribution is 7.92. The van der Waals surface area contributed by atoms with Crippen molar-refractivity contribution in [2.24, 2.45) is 5.10 Å². The zero-order valence-corrected chi connectivity index (χ0v) is 20.6. The first-order chi connectivity index (χ1) is 17.2. The number of sulfonamides is 1. The molecule has 0 bridgehead atoms. The molecule has 36 heavy (non-hydrogen) atoms. The number of anilines is 1. The van der Waals surface area contributed by atoms with Crippen LogP contribution in [0.1, 0.15) is 12.5 Å². The molecule has 0 aliphatic carbocycles. The van der Waals surface area contributed by atoms with Gasteiger partial charge in [-0.15, -0.1) is 0 Å². The number of methoxy groups -OCH3 is 2. The van der Waals surface area contributed by atoms with Gasteiger partial charge in [0, 0.05) is 23.8 Å². The van der Waals surface area contributed by atoms with Crippen molar-refractivity contribution in [1.29, 1.82) is 0 Å². The Morgan fingerprint density at radius 1 is 1.03 bits per heavy atom. The van der Waals surface area contributed by atoms with E-state index in [-0.39, 0.29) is 22.0 Å². The number of carbonyl (C=O) groups is 1. The van der Waals surface area contributed by atoms with Crippen LogP contribution in [-0.2, 0) is 14.8 Å². The molecule has 3 aromatic rings. The number of hydrogen-bond donors (Lipinski definition) is 1. The van der Waals surface area contributed by atoms with Crippen molar-refractivity contribution in [3.8, 4) is 11.5 Å². The number of amides is 1. The minimum atomic E-state index is -4.20. The molecule has 1 amide bonds. The number of ether oxygens (including phenoxy) is 2. The van der Waals surface area contributed by atoms with Gasteiger partial charge in [-0.2, -0.15) is 5.10 Å². The molecule has 3 rings (SSSR count). The van der Waals surface area contributed by atoms with Crippen LogP contribution in [0.4, 0.5) is 11.4 Å². The van der Waals surface area contributed by atoms with E-state index >= 15 is 0 Å². The minimum Gasteiger partial charge on any atom is -0.497 e. The number of rotatable bonds is 10. The van der Waals surface area contributed by atoms with Gasteiger partial charge in [-0.3, -0.25) is 19.2 Å². The SMILES string of the molecule is COc1ccc(OC)c(N(CC(=O)N/N=C(/C)c2cccc([N+](=O)[O-])c2)S(=O)(=O)c2ccccc2)c1. The lowest BCUT2D eigenvalue weighted by Gasteiger charge is -2.25. The Morgan fingerprint density at radius 3 is 2.39 bits per heavy atom. The predicted octanol–water partition coefficient (Wildman–Crippen LogP) is 3.35. The van der Waals surface area contributed by atoms with Crippen LogP contribution < -0.4 is 19.2 Å².